The number of benzene rings is 3. The maximum atomic E-state index is 9.62. The molecule has 2 N–H and O–H groups in total. The van der Waals surface area contributed by atoms with Crippen molar-refractivity contribution >= 4 is 0 Å². The molecule has 3 aromatic rings. The Labute approximate surface area is 137 Å². The van der Waals surface area contributed by atoms with E-state index in [4.69, 9.17) is 0 Å². The number of hydrogen-bond donors (Lipinski definition) is 2. The summed E-state index contributed by atoms with van der Waals surface area (Å²) in [6, 6.07) is 19.1. The van der Waals surface area contributed by atoms with Crippen molar-refractivity contribution in [3.63, 3.8) is 0 Å². The van der Waals surface area contributed by atoms with Gasteiger partial charge in [0.25, 0.3) is 0 Å². The van der Waals surface area contributed by atoms with Crippen LogP contribution in [-0.2, 0) is 0 Å². The molecular formula is C21H22O2. The van der Waals surface area contributed by atoms with Crippen LogP contribution in [0.2, 0.25) is 0 Å². The molecule has 3 rings (SSSR count). The van der Waals surface area contributed by atoms with Gasteiger partial charge in [0.2, 0.25) is 0 Å². The first kappa shape index (κ1) is 16.6. The van der Waals surface area contributed by atoms with E-state index in [2.05, 4.69) is 12.1 Å². The van der Waals surface area contributed by atoms with Gasteiger partial charge in [0, 0.05) is 0 Å². The minimum absolute atomic E-state index is 0. The van der Waals surface area contributed by atoms with Crippen molar-refractivity contribution in [1.82, 2.24) is 0 Å². The van der Waals surface area contributed by atoms with Crippen LogP contribution in [0, 0.1) is 13.8 Å². The summed E-state index contributed by atoms with van der Waals surface area (Å²) < 4.78 is 0. The Kier molecular flexibility index (Phi) is 4.75. The number of phenols is 2. The molecule has 0 fully saturated rings. The molecule has 0 spiro atoms. The Balaban J connectivity index is 0.00000192. The van der Waals surface area contributed by atoms with E-state index < -0.39 is 0 Å². The Hall–Kier alpha value is -2.74. The topological polar surface area (TPSA) is 40.5 Å². The van der Waals surface area contributed by atoms with E-state index in [1.165, 1.54) is 0 Å². The van der Waals surface area contributed by atoms with Gasteiger partial charge in [0.15, 0.2) is 0 Å². The minimum atomic E-state index is 0. The van der Waals surface area contributed by atoms with Gasteiger partial charge >= 0.3 is 0 Å². The molecule has 0 unspecified atom stereocenters. The third-order valence-electron chi connectivity index (χ3n) is 3.93. The zero-order valence-corrected chi connectivity index (χ0v) is 12.7. The zero-order chi connectivity index (χ0) is 15.7. The SMILES string of the molecule is C.Cc1cc(O)ccc1-c1ccccc1-c1ccc(O)cc1C. The van der Waals surface area contributed by atoms with E-state index in [0.29, 0.717) is 0 Å². The molecule has 2 nitrogen and oxygen atoms in total. The van der Waals surface area contributed by atoms with Gasteiger partial charge in [0.1, 0.15) is 11.5 Å². The fourth-order valence-corrected chi connectivity index (χ4v) is 2.85. The first-order valence-corrected chi connectivity index (χ1v) is 7.25. The van der Waals surface area contributed by atoms with Crippen molar-refractivity contribution in [3.8, 4) is 33.8 Å². The number of phenolic OH excluding ortho intramolecular Hbond substituents is 2. The predicted octanol–water partition coefficient (Wildman–Crippen LogP) is 5.68. The van der Waals surface area contributed by atoms with Crippen LogP contribution in [0.5, 0.6) is 11.5 Å². The monoisotopic (exact) mass is 306 g/mol. The number of hydrogen-bond acceptors (Lipinski definition) is 2. The molecular weight excluding hydrogens is 284 g/mol. The second-order valence-electron chi connectivity index (χ2n) is 5.54. The molecule has 0 aliphatic rings. The van der Waals surface area contributed by atoms with Gasteiger partial charge in [-0.05, 0) is 71.5 Å². The highest BCUT2D eigenvalue weighted by Gasteiger charge is 2.11. The first-order valence-electron chi connectivity index (χ1n) is 7.25. The van der Waals surface area contributed by atoms with Crippen LogP contribution < -0.4 is 0 Å². The van der Waals surface area contributed by atoms with Gasteiger partial charge in [-0.2, -0.15) is 0 Å². The fraction of sp³-hybridized carbons (Fsp3) is 0.143. The Morgan fingerprint density at radius 2 is 0.957 bits per heavy atom. The molecule has 0 amide bonds. The van der Waals surface area contributed by atoms with Gasteiger partial charge in [0.05, 0.1) is 0 Å². The minimum Gasteiger partial charge on any atom is -0.508 e. The lowest BCUT2D eigenvalue weighted by molar-refractivity contribution is 0.474. The number of aromatic hydroxyl groups is 2. The fourth-order valence-electron chi connectivity index (χ4n) is 2.85. The highest BCUT2D eigenvalue weighted by molar-refractivity contribution is 5.86. The number of aryl methyl sites for hydroxylation is 2. The van der Waals surface area contributed by atoms with E-state index in [1.54, 1.807) is 24.3 Å². The van der Waals surface area contributed by atoms with Crippen molar-refractivity contribution in [2.75, 3.05) is 0 Å². The molecule has 0 aromatic heterocycles. The second-order valence-corrected chi connectivity index (χ2v) is 5.54. The third kappa shape index (κ3) is 3.21. The summed E-state index contributed by atoms with van der Waals surface area (Å²) in [7, 11) is 0. The quantitative estimate of drug-likeness (QED) is 0.639. The van der Waals surface area contributed by atoms with E-state index in [1.807, 2.05) is 38.1 Å². The molecule has 0 radical (unpaired) electrons. The Morgan fingerprint density at radius 3 is 1.30 bits per heavy atom. The van der Waals surface area contributed by atoms with Gasteiger partial charge < -0.3 is 10.2 Å². The molecule has 118 valence electrons. The lowest BCUT2D eigenvalue weighted by Crippen LogP contribution is -1.90. The largest absolute Gasteiger partial charge is 0.508 e. The van der Waals surface area contributed by atoms with Crippen LogP contribution >= 0.6 is 0 Å². The number of rotatable bonds is 2. The predicted molar refractivity (Wildman–Crippen MR) is 96.8 cm³/mol. The van der Waals surface area contributed by atoms with Crippen LogP contribution in [0.1, 0.15) is 18.6 Å². The molecule has 0 saturated heterocycles. The first-order chi connectivity index (χ1) is 10.6. The van der Waals surface area contributed by atoms with Gasteiger partial charge in [-0.3, -0.25) is 0 Å². The lowest BCUT2D eigenvalue weighted by Gasteiger charge is -2.14. The van der Waals surface area contributed by atoms with E-state index in [-0.39, 0.29) is 18.9 Å². The van der Waals surface area contributed by atoms with Crippen molar-refractivity contribution in [3.05, 3.63) is 71.8 Å². The normalized spacial score (nSPS) is 10.2. The van der Waals surface area contributed by atoms with Crippen molar-refractivity contribution in [2.45, 2.75) is 21.3 Å². The molecule has 2 heteroatoms. The molecule has 0 bridgehead atoms. The lowest BCUT2D eigenvalue weighted by atomic mass is 9.90. The Morgan fingerprint density at radius 1 is 0.565 bits per heavy atom. The maximum absolute atomic E-state index is 9.62. The van der Waals surface area contributed by atoms with Gasteiger partial charge in [-0.15, -0.1) is 0 Å². The summed E-state index contributed by atoms with van der Waals surface area (Å²) >= 11 is 0. The maximum Gasteiger partial charge on any atom is 0.115 e. The van der Waals surface area contributed by atoms with Crippen LogP contribution in [0.15, 0.2) is 60.7 Å². The van der Waals surface area contributed by atoms with Gasteiger partial charge in [-0.25, -0.2) is 0 Å². The summed E-state index contributed by atoms with van der Waals surface area (Å²) in [5.41, 5.74) is 6.50. The molecule has 0 aliphatic carbocycles. The smallest absolute Gasteiger partial charge is 0.115 e. The van der Waals surface area contributed by atoms with Gasteiger partial charge in [-0.1, -0.05) is 43.8 Å². The molecule has 0 aliphatic heterocycles. The Bertz CT molecular complexity index is 764. The van der Waals surface area contributed by atoms with E-state index in [0.717, 1.165) is 33.4 Å². The average molecular weight is 306 g/mol. The average Bonchev–Trinajstić information content (AvgIpc) is 2.48. The second kappa shape index (κ2) is 6.57. The highest BCUT2D eigenvalue weighted by Crippen LogP contribution is 2.36. The summed E-state index contributed by atoms with van der Waals surface area (Å²) in [5, 5.41) is 19.2. The van der Waals surface area contributed by atoms with Crippen molar-refractivity contribution < 1.29 is 10.2 Å². The van der Waals surface area contributed by atoms with E-state index in [9.17, 15) is 10.2 Å². The summed E-state index contributed by atoms with van der Waals surface area (Å²) in [6.45, 7) is 3.99. The van der Waals surface area contributed by atoms with Crippen LogP contribution in [0.3, 0.4) is 0 Å². The third-order valence-corrected chi connectivity index (χ3v) is 3.93. The van der Waals surface area contributed by atoms with Crippen LogP contribution in [0.4, 0.5) is 0 Å². The molecule has 0 heterocycles. The standard InChI is InChI=1S/C20H18O2.CH4/c1-13-11-15(21)7-9-17(13)19-5-3-4-6-20(19)18-10-8-16(22)12-14(18)2;/h3-12,21-22H,1-2H3;1H4. The molecule has 23 heavy (non-hydrogen) atoms. The molecule has 3 aromatic carbocycles. The molecule has 0 atom stereocenters. The molecule has 0 saturated carbocycles. The van der Waals surface area contributed by atoms with E-state index >= 15 is 0 Å². The van der Waals surface area contributed by atoms with Crippen LogP contribution in [0.25, 0.3) is 22.3 Å². The summed E-state index contributed by atoms with van der Waals surface area (Å²) in [4.78, 5) is 0. The summed E-state index contributed by atoms with van der Waals surface area (Å²) in [6.07, 6.45) is 0. The summed E-state index contributed by atoms with van der Waals surface area (Å²) in [5.74, 6) is 0.555. The zero-order valence-electron chi connectivity index (χ0n) is 12.7. The van der Waals surface area contributed by atoms with Crippen molar-refractivity contribution in [2.24, 2.45) is 0 Å². The van der Waals surface area contributed by atoms with Crippen LogP contribution in [-0.4, -0.2) is 10.2 Å². The highest BCUT2D eigenvalue weighted by atomic mass is 16.3. The van der Waals surface area contributed by atoms with Crippen molar-refractivity contribution in [1.29, 1.82) is 0 Å².